The topological polar surface area (TPSA) is 71.5 Å². The Balaban J connectivity index is 2.53. The molecular formula is C17H13F6NO4S2. The number of rotatable bonds is 4. The SMILES string of the molecule is CN1C=C/C(=C\C=C\C=C(S(=O)(=O)C(F)(F)F)S(=O)(=O)C(F)(F)F)c2ccccc21. The standard InChI is InChI=1S/C17H13F6NO4S2/c1-24-11-10-12(13-7-3-4-8-14(13)24)6-2-5-9-15(29(25,26)16(18,19)20)30(27,28)17(21,22)23/h2-11H,1H3/b5-2+,12-6+. The van der Waals surface area contributed by atoms with Gasteiger partial charge in [0.2, 0.25) is 0 Å². The van der Waals surface area contributed by atoms with Gasteiger partial charge in [0, 0.05) is 24.5 Å². The van der Waals surface area contributed by atoms with Crippen LogP contribution in [0.3, 0.4) is 0 Å². The Hall–Kier alpha value is -2.54. The number of nitrogens with zero attached hydrogens (tertiary/aromatic N) is 1. The summed E-state index contributed by atoms with van der Waals surface area (Å²) in [6, 6.07) is 6.92. The molecule has 1 heterocycles. The minimum atomic E-state index is -6.78. The smallest absolute Gasteiger partial charge is 0.351 e. The van der Waals surface area contributed by atoms with E-state index in [4.69, 9.17) is 0 Å². The highest BCUT2D eigenvalue weighted by molar-refractivity contribution is 8.15. The van der Waals surface area contributed by atoms with Crippen molar-refractivity contribution in [3.8, 4) is 0 Å². The lowest BCUT2D eigenvalue weighted by atomic mass is 10.00. The molecule has 5 nitrogen and oxygen atoms in total. The molecule has 2 rings (SSSR count). The average molecular weight is 473 g/mol. The van der Waals surface area contributed by atoms with E-state index in [0.717, 1.165) is 11.8 Å². The highest BCUT2D eigenvalue weighted by Gasteiger charge is 2.59. The van der Waals surface area contributed by atoms with Crippen LogP contribution in [-0.4, -0.2) is 34.9 Å². The number of alkyl halides is 6. The summed E-state index contributed by atoms with van der Waals surface area (Å²) < 4.78 is 119. The van der Waals surface area contributed by atoms with E-state index in [0.29, 0.717) is 17.2 Å². The first-order chi connectivity index (χ1) is 13.6. The highest BCUT2D eigenvalue weighted by Crippen LogP contribution is 2.39. The minimum Gasteiger partial charge on any atom is -0.351 e. The van der Waals surface area contributed by atoms with Crippen LogP contribution in [0.5, 0.6) is 0 Å². The zero-order valence-electron chi connectivity index (χ0n) is 14.9. The van der Waals surface area contributed by atoms with E-state index >= 15 is 0 Å². The molecule has 1 aromatic rings. The normalized spacial score (nSPS) is 16.8. The molecule has 0 saturated heterocycles. The van der Waals surface area contributed by atoms with Gasteiger partial charge in [0.1, 0.15) is 0 Å². The largest absolute Gasteiger partial charge is 0.502 e. The fraction of sp³-hybridized carbons (Fsp3) is 0.176. The third-order valence-corrected chi connectivity index (χ3v) is 7.70. The monoisotopic (exact) mass is 473 g/mol. The molecule has 0 unspecified atom stereocenters. The Morgan fingerprint density at radius 2 is 1.43 bits per heavy atom. The summed E-state index contributed by atoms with van der Waals surface area (Å²) in [6.07, 6.45) is 5.68. The van der Waals surface area contributed by atoms with Gasteiger partial charge >= 0.3 is 11.0 Å². The lowest BCUT2D eigenvalue weighted by Gasteiger charge is -2.23. The van der Waals surface area contributed by atoms with Gasteiger partial charge in [0.15, 0.2) is 4.24 Å². The van der Waals surface area contributed by atoms with Crippen molar-refractivity contribution in [2.75, 3.05) is 11.9 Å². The van der Waals surface area contributed by atoms with Gasteiger partial charge in [-0.1, -0.05) is 36.4 Å². The van der Waals surface area contributed by atoms with Crippen LogP contribution in [0.1, 0.15) is 5.56 Å². The van der Waals surface area contributed by atoms with Crippen molar-refractivity contribution in [3.05, 3.63) is 70.6 Å². The third kappa shape index (κ3) is 4.46. The maximum Gasteiger partial charge on any atom is 0.502 e. The number of para-hydroxylation sites is 1. The van der Waals surface area contributed by atoms with Crippen LogP contribution in [-0.2, 0) is 19.7 Å². The van der Waals surface area contributed by atoms with Crippen LogP contribution < -0.4 is 4.90 Å². The number of anilines is 1. The second-order valence-electron chi connectivity index (χ2n) is 5.83. The van der Waals surface area contributed by atoms with Crippen LogP contribution in [0.15, 0.2) is 65.1 Å². The van der Waals surface area contributed by atoms with Gasteiger partial charge < -0.3 is 4.90 Å². The second kappa shape index (κ2) is 7.95. The van der Waals surface area contributed by atoms with Crippen LogP contribution in [0, 0.1) is 0 Å². The molecule has 0 N–H and O–H groups in total. The zero-order chi connectivity index (χ0) is 23.0. The highest BCUT2D eigenvalue weighted by atomic mass is 32.3. The predicted octanol–water partition coefficient (Wildman–Crippen LogP) is 4.30. The fourth-order valence-corrected chi connectivity index (χ4v) is 5.07. The second-order valence-corrected chi connectivity index (χ2v) is 9.91. The van der Waals surface area contributed by atoms with Gasteiger partial charge in [0.05, 0.1) is 0 Å². The Morgan fingerprint density at radius 3 is 1.97 bits per heavy atom. The van der Waals surface area contributed by atoms with E-state index in [1.807, 2.05) is 0 Å². The van der Waals surface area contributed by atoms with Gasteiger partial charge in [-0.15, -0.1) is 0 Å². The summed E-state index contributed by atoms with van der Waals surface area (Å²) in [5.74, 6) is 0. The number of sulfone groups is 2. The summed E-state index contributed by atoms with van der Waals surface area (Å²) in [7, 11) is -11.8. The maximum atomic E-state index is 12.7. The Labute approximate surface area is 168 Å². The number of hydrogen-bond acceptors (Lipinski definition) is 5. The van der Waals surface area contributed by atoms with E-state index < -0.39 is 34.9 Å². The molecule has 0 bridgehead atoms. The molecule has 0 saturated carbocycles. The van der Waals surface area contributed by atoms with E-state index in [2.05, 4.69) is 0 Å². The molecule has 0 amide bonds. The molecule has 1 aliphatic heterocycles. The van der Waals surface area contributed by atoms with Crippen molar-refractivity contribution >= 4 is 30.9 Å². The lowest BCUT2D eigenvalue weighted by molar-refractivity contribution is -0.0444. The summed E-state index contributed by atoms with van der Waals surface area (Å²) in [6.45, 7) is 0. The van der Waals surface area contributed by atoms with Crippen LogP contribution in [0.25, 0.3) is 5.57 Å². The minimum absolute atomic E-state index is 0.243. The molecule has 0 fully saturated rings. The molecule has 0 radical (unpaired) electrons. The van der Waals surface area contributed by atoms with E-state index in [-0.39, 0.29) is 6.08 Å². The molecule has 30 heavy (non-hydrogen) atoms. The Kier molecular flexibility index (Phi) is 6.29. The van der Waals surface area contributed by atoms with Crippen LogP contribution in [0.2, 0.25) is 0 Å². The molecule has 1 aliphatic rings. The molecule has 0 aromatic heterocycles. The summed E-state index contributed by atoms with van der Waals surface area (Å²) in [5.41, 5.74) is -10.5. The van der Waals surface area contributed by atoms with Crippen molar-refractivity contribution in [2.45, 2.75) is 11.0 Å². The van der Waals surface area contributed by atoms with Crippen LogP contribution in [0.4, 0.5) is 32.0 Å². The summed E-state index contributed by atoms with van der Waals surface area (Å²) in [4.78, 5) is 1.76. The number of benzene rings is 1. The van der Waals surface area contributed by atoms with Crippen molar-refractivity contribution in [1.29, 1.82) is 0 Å². The van der Waals surface area contributed by atoms with Crippen molar-refractivity contribution in [3.63, 3.8) is 0 Å². The van der Waals surface area contributed by atoms with E-state index in [1.165, 1.54) is 6.08 Å². The quantitative estimate of drug-likeness (QED) is 0.482. The van der Waals surface area contributed by atoms with Crippen molar-refractivity contribution in [1.82, 2.24) is 0 Å². The van der Waals surface area contributed by atoms with Gasteiger partial charge in [-0.2, -0.15) is 26.3 Å². The molecule has 0 aliphatic carbocycles. The number of fused-ring (bicyclic) bond motifs is 1. The predicted molar refractivity (Wildman–Crippen MR) is 99.1 cm³/mol. The molecule has 0 spiro atoms. The first kappa shape index (κ1) is 23.7. The van der Waals surface area contributed by atoms with E-state index in [1.54, 1.807) is 48.5 Å². The van der Waals surface area contributed by atoms with Gasteiger partial charge in [-0.25, -0.2) is 16.8 Å². The van der Waals surface area contributed by atoms with Gasteiger partial charge in [-0.05, 0) is 23.8 Å². The van der Waals surface area contributed by atoms with Gasteiger partial charge in [0.25, 0.3) is 19.7 Å². The Morgan fingerprint density at radius 1 is 0.900 bits per heavy atom. The Bertz CT molecular complexity index is 1110. The molecule has 0 atom stereocenters. The van der Waals surface area contributed by atoms with Crippen molar-refractivity contribution in [2.24, 2.45) is 0 Å². The summed E-state index contributed by atoms with van der Waals surface area (Å²) in [5, 5.41) is 0. The lowest BCUT2D eigenvalue weighted by Crippen LogP contribution is -2.34. The maximum absolute atomic E-state index is 12.7. The fourth-order valence-electron chi connectivity index (χ4n) is 2.38. The third-order valence-electron chi connectivity index (χ3n) is 3.83. The van der Waals surface area contributed by atoms with E-state index in [9.17, 15) is 43.2 Å². The molecule has 13 heteroatoms. The molecule has 1 aromatic carbocycles. The first-order valence-electron chi connectivity index (χ1n) is 7.82. The average Bonchev–Trinajstić information content (AvgIpc) is 2.61. The number of allylic oxidation sites excluding steroid dienone is 6. The molecular weight excluding hydrogens is 460 g/mol. The number of halogens is 6. The van der Waals surface area contributed by atoms with Crippen molar-refractivity contribution < 1.29 is 43.2 Å². The molecule has 164 valence electrons. The summed E-state index contributed by atoms with van der Waals surface area (Å²) >= 11 is 0. The zero-order valence-corrected chi connectivity index (χ0v) is 16.6. The van der Waals surface area contributed by atoms with Crippen LogP contribution >= 0.6 is 0 Å². The number of hydrogen-bond donors (Lipinski definition) is 0. The first-order valence-corrected chi connectivity index (χ1v) is 10.8. The van der Waals surface area contributed by atoms with Gasteiger partial charge in [-0.3, -0.25) is 0 Å².